The molecule has 4 nitrogen and oxygen atoms in total. The molecule has 0 bridgehead atoms. The largest absolute Gasteiger partial charge is 0.497 e. The summed E-state index contributed by atoms with van der Waals surface area (Å²) in [5.74, 6) is 1.74. The fraction of sp³-hybridized carbons (Fsp3) is 0.353. The molecule has 4 heteroatoms. The van der Waals surface area contributed by atoms with Gasteiger partial charge in [0.2, 0.25) is 0 Å². The van der Waals surface area contributed by atoms with E-state index in [0.717, 1.165) is 29.3 Å². The fourth-order valence-corrected chi connectivity index (χ4v) is 2.14. The van der Waals surface area contributed by atoms with Crippen LogP contribution >= 0.6 is 0 Å². The number of ether oxygens (including phenoxy) is 2. The maximum absolute atomic E-state index is 5.92. The summed E-state index contributed by atoms with van der Waals surface area (Å²) in [5.41, 5.74) is 2.05. The lowest BCUT2D eigenvalue weighted by Crippen LogP contribution is -2.16. The molecule has 3 rings (SSSR count). The lowest BCUT2D eigenvalue weighted by atomic mass is 10.2. The fourth-order valence-electron chi connectivity index (χ4n) is 2.14. The molecule has 0 atom stereocenters. The minimum absolute atomic E-state index is 0.476. The van der Waals surface area contributed by atoms with Crippen molar-refractivity contribution in [1.29, 1.82) is 0 Å². The van der Waals surface area contributed by atoms with Crippen LogP contribution in [-0.2, 0) is 13.2 Å². The van der Waals surface area contributed by atoms with Crippen LogP contribution in [0, 0.1) is 0 Å². The summed E-state index contributed by atoms with van der Waals surface area (Å²) in [6, 6.07) is 12.4. The predicted molar refractivity (Wildman–Crippen MR) is 81.4 cm³/mol. The standard InChI is InChI=1S/C17H20N2O2/c1-20-16-7-8-17(13(10-16)11-19-14-5-6-14)21-12-15-4-2-3-9-18-15/h2-4,7-10,14,19H,5-6,11-12H2,1H3. The second-order valence-corrected chi connectivity index (χ2v) is 5.24. The van der Waals surface area contributed by atoms with E-state index in [4.69, 9.17) is 9.47 Å². The molecular formula is C17H20N2O2. The summed E-state index contributed by atoms with van der Waals surface area (Å²) in [6.45, 7) is 1.28. The van der Waals surface area contributed by atoms with Gasteiger partial charge in [0.25, 0.3) is 0 Å². The molecule has 1 aromatic heterocycles. The number of pyridine rings is 1. The average Bonchev–Trinajstić information content (AvgIpc) is 3.36. The van der Waals surface area contributed by atoms with Crippen molar-refractivity contribution in [3.63, 3.8) is 0 Å². The third-order valence-corrected chi connectivity index (χ3v) is 3.53. The first-order valence-corrected chi connectivity index (χ1v) is 7.28. The zero-order chi connectivity index (χ0) is 14.5. The minimum Gasteiger partial charge on any atom is -0.497 e. The second-order valence-electron chi connectivity index (χ2n) is 5.24. The molecule has 0 saturated heterocycles. The van der Waals surface area contributed by atoms with Gasteiger partial charge in [0.15, 0.2) is 0 Å². The Morgan fingerprint density at radius 1 is 1.24 bits per heavy atom. The van der Waals surface area contributed by atoms with Crippen LogP contribution < -0.4 is 14.8 Å². The van der Waals surface area contributed by atoms with Crippen LogP contribution in [0.15, 0.2) is 42.6 Å². The molecule has 1 heterocycles. The predicted octanol–water partition coefficient (Wildman–Crippen LogP) is 2.92. The second kappa shape index (κ2) is 6.59. The highest BCUT2D eigenvalue weighted by Crippen LogP contribution is 2.26. The highest BCUT2D eigenvalue weighted by molar-refractivity contribution is 5.40. The SMILES string of the molecule is COc1ccc(OCc2ccccn2)c(CNC2CC2)c1. The van der Waals surface area contributed by atoms with E-state index in [1.807, 2.05) is 36.4 Å². The number of methoxy groups -OCH3 is 1. The van der Waals surface area contributed by atoms with Crippen LogP contribution in [-0.4, -0.2) is 18.1 Å². The molecule has 1 N–H and O–H groups in total. The van der Waals surface area contributed by atoms with E-state index in [0.29, 0.717) is 12.6 Å². The highest BCUT2D eigenvalue weighted by atomic mass is 16.5. The van der Waals surface area contributed by atoms with E-state index in [2.05, 4.69) is 10.3 Å². The Balaban J connectivity index is 1.69. The van der Waals surface area contributed by atoms with Crippen molar-refractivity contribution in [2.24, 2.45) is 0 Å². The van der Waals surface area contributed by atoms with Crippen molar-refractivity contribution in [3.8, 4) is 11.5 Å². The number of hydrogen-bond acceptors (Lipinski definition) is 4. The summed E-state index contributed by atoms with van der Waals surface area (Å²) in [7, 11) is 1.68. The smallest absolute Gasteiger partial charge is 0.130 e. The first kappa shape index (κ1) is 13.9. The van der Waals surface area contributed by atoms with Crippen LogP contribution in [0.5, 0.6) is 11.5 Å². The van der Waals surface area contributed by atoms with E-state index >= 15 is 0 Å². The van der Waals surface area contributed by atoms with E-state index < -0.39 is 0 Å². The number of rotatable bonds is 7. The lowest BCUT2D eigenvalue weighted by Gasteiger charge is -2.13. The van der Waals surface area contributed by atoms with E-state index in [9.17, 15) is 0 Å². The summed E-state index contributed by atoms with van der Waals surface area (Å²) in [6.07, 6.45) is 4.32. The van der Waals surface area contributed by atoms with Gasteiger partial charge in [-0.15, -0.1) is 0 Å². The quantitative estimate of drug-likeness (QED) is 0.849. The molecule has 0 radical (unpaired) electrons. The zero-order valence-electron chi connectivity index (χ0n) is 12.2. The monoisotopic (exact) mass is 284 g/mol. The number of aromatic nitrogens is 1. The van der Waals surface area contributed by atoms with Gasteiger partial charge in [-0.3, -0.25) is 4.98 Å². The van der Waals surface area contributed by atoms with Gasteiger partial charge in [-0.1, -0.05) is 6.07 Å². The molecule has 1 saturated carbocycles. The Morgan fingerprint density at radius 3 is 2.86 bits per heavy atom. The molecule has 2 aromatic rings. The maximum atomic E-state index is 5.92. The first-order valence-electron chi connectivity index (χ1n) is 7.28. The van der Waals surface area contributed by atoms with Crippen molar-refractivity contribution in [3.05, 3.63) is 53.9 Å². The summed E-state index contributed by atoms with van der Waals surface area (Å²) in [5, 5.41) is 3.51. The molecule has 1 aliphatic rings. The van der Waals surface area contributed by atoms with Gasteiger partial charge in [-0.25, -0.2) is 0 Å². The van der Waals surface area contributed by atoms with Gasteiger partial charge in [0.1, 0.15) is 18.1 Å². The van der Waals surface area contributed by atoms with Gasteiger partial charge in [0.05, 0.1) is 12.8 Å². The molecule has 1 fully saturated rings. The first-order chi connectivity index (χ1) is 10.3. The molecule has 1 aromatic carbocycles. The minimum atomic E-state index is 0.476. The van der Waals surface area contributed by atoms with Gasteiger partial charge < -0.3 is 14.8 Å². The third-order valence-electron chi connectivity index (χ3n) is 3.53. The van der Waals surface area contributed by atoms with Crippen LogP contribution in [0.3, 0.4) is 0 Å². The Kier molecular flexibility index (Phi) is 4.36. The molecule has 21 heavy (non-hydrogen) atoms. The Morgan fingerprint density at radius 2 is 2.14 bits per heavy atom. The number of nitrogens with zero attached hydrogens (tertiary/aromatic N) is 1. The van der Waals surface area contributed by atoms with Gasteiger partial charge in [-0.2, -0.15) is 0 Å². The van der Waals surface area contributed by atoms with Crippen LogP contribution in [0.25, 0.3) is 0 Å². The number of nitrogens with one attached hydrogen (secondary N) is 1. The lowest BCUT2D eigenvalue weighted by molar-refractivity contribution is 0.296. The third kappa shape index (κ3) is 3.95. The zero-order valence-corrected chi connectivity index (χ0v) is 12.2. The number of benzene rings is 1. The van der Waals surface area contributed by atoms with Crippen molar-refractivity contribution in [1.82, 2.24) is 10.3 Å². The summed E-state index contributed by atoms with van der Waals surface area (Å²) >= 11 is 0. The number of hydrogen-bond donors (Lipinski definition) is 1. The van der Waals surface area contributed by atoms with Gasteiger partial charge in [-0.05, 0) is 43.2 Å². The van der Waals surface area contributed by atoms with Crippen molar-refractivity contribution >= 4 is 0 Å². The van der Waals surface area contributed by atoms with Crippen molar-refractivity contribution in [2.45, 2.75) is 32.0 Å². The van der Waals surface area contributed by atoms with Gasteiger partial charge in [0, 0.05) is 24.3 Å². The van der Waals surface area contributed by atoms with Crippen LogP contribution in [0.2, 0.25) is 0 Å². The van der Waals surface area contributed by atoms with Crippen molar-refractivity contribution in [2.75, 3.05) is 7.11 Å². The molecule has 0 unspecified atom stereocenters. The Labute approximate surface area is 125 Å². The molecule has 0 amide bonds. The Hall–Kier alpha value is -2.07. The normalized spacial score (nSPS) is 14.0. The van der Waals surface area contributed by atoms with E-state index in [1.54, 1.807) is 13.3 Å². The van der Waals surface area contributed by atoms with Gasteiger partial charge >= 0.3 is 0 Å². The summed E-state index contributed by atoms with van der Waals surface area (Å²) < 4.78 is 11.2. The summed E-state index contributed by atoms with van der Waals surface area (Å²) in [4.78, 5) is 4.28. The molecule has 1 aliphatic carbocycles. The molecular weight excluding hydrogens is 264 g/mol. The average molecular weight is 284 g/mol. The Bertz CT molecular complexity index is 583. The maximum Gasteiger partial charge on any atom is 0.130 e. The topological polar surface area (TPSA) is 43.4 Å². The molecule has 0 spiro atoms. The van der Waals surface area contributed by atoms with E-state index in [-0.39, 0.29) is 0 Å². The van der Waals surface area contributed by atoms with Crippen molar-refractivity contribution < 1.29 is 9.47 Å². The van der Waals surface area contributed by atoms with E-state index in [1.165, 1.54) is 12.8 Å². The van der Waals surface area contributed by atoms with Crippen LogP contribution in [0.1, 0.15) is 24.1 Å². The highest BCUT2D eigenvalue weighted by Gasteiger charge is 2.20. The van der Waals surface area contributed by atoms with Crippen LogP contribution in [0.4, 0.5) is 0 Å². The molecule has 0 aliphatic heterocycles. The molecule has 110 valence electrons.